The van der Waals surface area contributed by atoms with Gasteiger partial charge in [0.2, 0.25) is 0 Å². The molecule has 0 saturated carbocycles. The van der Waals surface area contributed by atoms with Crippen molar-refractivity contribution in [1.82, 2.24) is 23.9 Å². The van der Waals surface area contributed by atoms with Crippen molar-refractivity contribution in [1.29, 1.82) is 0 Å². The Labute approximate surface area is 197 Å². The highest BCUT2D eigenvalue weighted by molar-refractivity contribution is 5.90. The van der Waals surface area contributed by atoms with Gasteiger partial charge < -0.3 is 4.74 Å². The van der Waals surface area contributed by atoms with E-state index in [-0.39, 0.29) is 17.2 Å². The molecule has 4 rings (SSSR count). The fraction of sp³-hybridized carbons (Fsp3) is 0.308. The molecule has 3 aromatic heterocycles. The van der Waals surface area contributed by atoms with Gasteiger partial charge in [-0.25, -0.2) is 4.79 Å². The molecule has 0 aliphatic heterocycles. The van der Waals surface area contributed by atoms with Gasteiger partial charge in [-0.1, -0.05) is 37.8 Å². The number of hydrogen-bond donors (Lipinski definition) is 0. The summed E-state index contributed by atoms with van der Waals surface area (Å²) in [5.41, 5.74) is 2.97. The monoisotopic (exact) mass is 457 g/mol. The van der Waals surface area contributed by atoms with Gasteiger partial charge in [-0.3, -0.25) is 23.6 Å². The van der Waals surface area contributed by atoms with Crippen LogP contribution in [0.5, 0.6) is 0 Å². The number of hydrogen-bond acceptors (Lipinski definition) is 5. The summed E-state index contributed by atoms with van der Waals surface area (Å²) in [5, 5.41) is 5.22. The van der Waals surface area contributed by atoms with Crippen LogP contribution >= 0.6 is 0 Å². The van der Waals surface area contributed by atoms with Crippen LogP contribution in [0.2, 0.25) is 0 Å². The van der Waals surface area contributed by atoms with Crippen molar-refractivity contribution in [2.45, 2.75) is 26.9 Å². The van der Waals surface area contributed by atoms with Gasteiger partial charge in [0.15, 0.2) is 5.65 Å². The molecule has 0 N–H and O–H groups in total. The summed E-state index contributed by atoms with van der Waals surface area (Å²) in [6.07, 6.45) is 3.36. The third kappa shape index (κ3) is 4.56. The van der Waals surface area contributed by atoms with Crippen molar-refractivity contribution in [3.8, 4) is 23.1 Å². The number of benzene rings is 1. The molecule has 0 radical (unpaired) electrons. The summed E-state index contributed by atoms with van der Waals surface area (Å²) in [7, 11) is 3.12. The Kier molecular flexibility index (Phi) is 6.75. The molecule has 0 aliphatic carbocycles. The van der Waals surface area contributed by atoms with E-state index in [0.29, 0.717) is 36.4 Å². The Morgan fingerprint density at radius 3 is 2.59 bits per heavy atom. The predicted molar refractivity (Wildman–Crippen MR) is 132 cm³/mol. The molecule has 8 heteroatoms. The first-order chi connectivity index (χ1) is 16.4. The second kappa shape index (κ2) is 9.89. The largest absolute Gasteiger partial charge is 0.372 e. The average molecular weight is 458 g/mol. The number of fused-ring (bicyclic) bond motifs is 1. The van der Waals surface area contributed by atoms with Crippen LogP contribution in [-0.4, -0.2) is 37.6 Å². The van der Waals surface area contributed by atoms with Gasteiger partial charge in [0.1, 0.15) is 12.0 Å². The number of aromatic nitrogens is 5. The minimum Gasteiger partial charge on any atom is -0.372 e. The van der Waals surface area contributed by atoms with E-state index in [1.165, 1.54) is 7.05 Å². The van der Waals surface area contributed by atoms with E-state index in [2.05, 4.69) is 16.8 Å². The Balaban J connectivity index is 1.95. The van der Waals surface area contributed by atoms with E-state index in [9.17, 15) is 9.59 Å². The summed E-state index contributed by atoms with van der Waals surface area (Å²) in [6.45, 7) is 5.28. The first-order valence-corrected chi connectivity index (χ1v) is 11.1. The third-order valence-electron chi connectivity index (χ3n) is 5.44. The van der Waals surface area contributed by atoms with Gasteiger partial charge >= 0.3 is 5.69 Å². The van der Waals surface area contributed by atoms with Crippen molar-refractivity contribution in [3.05, 3.63) is 80.8 Å². The molecular weight excluding hydrogens is 430 g/mol. The maximum absolute atomic E-state index is 13.3. The van der Waals surface area contributed by atoms with E-state index in [1.54, 1.807) is 28.8 Å². The number of ether oxygens (including phenoxy) is 1. The maximum atomic E-state index is 13.3. The minimum atomic E-state index is -0.368. The summed E-state index contributed by atoms with van der Waals surface area (Å²) in [5.74, 6) is 6.25. The lowest BCUT2D eigenvalue weighted by Gasteiger charge is -2.11. The Bertz CT molecular complexity index is 1500. The standard InChI is InChI=1S/C26H27N5O3/c1-18(2)16-30-24-22(25(32)29(3)26(30)33)23(21-10-12-27-13-11-21)31(28-24)17-20-8-5-7-19(15-20)9-6-14-34-4/h5,7-8,10-13,15,18H,14,16-17H2,1-4H3. The van der Waals surface area contributed by atoms with Crippen molar-refractivity contribution >= 4 is 11.0 Å². The first kappa shape index (κ1) is 23.2. The predicted octanol–water partition coefficient (Wildman–Crippen LogP) is 2.66. The molecule has 0 atom stereocenters. The van der Waals surface area contributed by atoms with Gasteiger partial charge in [-0.05, 0) is 35.7 Å². The lowest BCUT2D eigenvalue weighted by molar-refractivity contribution is 0.240. The molecule has 8 nitrogen and oxygen atoms in total. The first-order valence-electron chi connectivity index (χ1n) is 11.1. The van der Waals surface area contributed by atoms with Crippen molar-refractivity contribution < 1.29 is 4.74 Å². The lowest BCUT2D eigenvalue weighted by Crippen LogP contribution is -2.38. The molecule has 0 bridgehead atoms. The lowest BCUT2D eigenvalue weighted by atomic mass is 10.1. The fourth-order valence-corrected chi connectivity index (χ4v) is 3.94. The summed E-state index contributed by atoms with van der Waals surface area (Å²) in [6, 6.07) is 11.5. The SMILES string of the molecule is COCC#Cc1cccc(Cn2nc3c(c2-c2ccncc2)c(=O)n(C)c(=O)n3CC(C)C)c1. The molecule has 0 aliphatic rings. The van der Waals surface area contributed by atoms with Gasteiger partial charge in [0.05, 0.1) is 12.2 Å². The van der Waals surface area contributed by atoms with Crippen LogP contribution in [-0.2, 0) is 24.9 Å². The van der Waals surface area contributed by atoms with E-state index in [1.807, 2.05) is 50.2 Å². The quantitative estimate of drug-likeness (QED) is 0.416. The zero-order valence-electron chi connectivity index (χ0n) is 19.8. The molecule has 3 heterocycles. The summed E-state index contributed by atoms with van der Waals surface area (Å²) >= 11 is 0. The molecule has 34 heavy (non-hydrogen) atoms. The van der Waals surface area contributed by atoms with Crippen molar-refractivity contribution in [2.75, 3.05) is 13.7 Å². The second-order valence-electron chi connectivity index (χ2n) is 8.53. The average Bonchev–Trinajstić information content (AvgIpc) is 3.20. The normalized spacial score (nSPS) is 11.1. The van der Waals surface area contributed by atoms with Gasteiger partial charge in [-0.15, -0.1) is 0 Å². The van der Waals surface area contributed by atoms with Crippen LogP contribution in [0.15, 0.2) is 58.4 Å². The topological polar surface area (TPSA) is 83.9 Å². The van der Waals surface area contributed by atoms with E-state index >= 15 is 0 Å². The number of methoxy groups -OCH3 is 1. The maximum Gasteiger partial charge on any atom is 0.332 e. The van der Waals surface area contributed by atoms with E-state index < -0.39 is 0 Å². The molecule has 0 fully saturated rings. The van der Waals surface area contributed by atoms with Crippen LogP contribution in [0.25, 0.3) is 22.3 Å². The zero-order valence-corrected chi connectivity index (χ0v) is 19.8. The van der Waals surface area contributed by atoms with Crippen LogP contribution in [0, 0.1) is 17.8 Å². The molecule has 4 aromatic rings. The van der Waals surface area contributed by atoms with Crippen LogP contribution in [0.3, 0.4) is 0 Å². The van der Waals surface area contributed by atoms with Crippen LogP contribution in [0.4, 0.5) is 0 Å². The fourth-order valence-electron chi connectivity index (χ4n) is 3.94. The van der Waals surface area contributed by atoms with E-state index in [0.717, 1.165) is 21.3 Å². The number of rotatable bonds is 6. The molecule has 0 spiro atoms. The molecule has 0 amide bonds. The Hall–Kier alpha value is -3.96. The molecular formula is C26H27N5O3. The second-order valence-corrected chi connectivity index (χ2v) is 8.53. The number of nitrogens with zero attached hydrogens (tertiary/aromatic N) is 5. The number of pyridine rings is 1. The van der Waals surface area contributed by atoms with Crippen LogP contribution in [0.1, 0.15) is 25.0 Å². The third-order valence-corrected chi connectivity index (χ3v) is 5.44. The van der Waals surface area contributed by atoms with Crippen molar-refractivity contribution in [3.63, 3.8) is 0 Å². The van der Waals surface area contributed by atoms with Gasteiger partial charge in [-0.2, -0.15) is 5.10 Å². The molecule has 0 unspecified atom stereocenters. The molecule has 174 valence electrons. The highest BCUT2D eigenvalue weighted by Crippen LogP contribution is 2.27. The van der Waals surface area contributed by atoms with E-state index in [4.69, 9.17) is 9.84 Å². The van der Waals surface area contributed by atoms with Crippen LogP contribution < -0.4 is 11.2 Å². The van der Waals surface area contributed by atoms with Gasteiger partial charge in [0.25, 0.3) is 5.56 Å². The van der Waals surface area contributed by atoms with Crippen molar-refractivity contribution in [2.24, 2.45) is 13.0 Å². The summed E-state index contributed by atoms with van der Waals surface area (Å²) in [4.78, 5) is 30.4. The Morgan fingerprint density at radius 1 is 1.12 bits per heavy atom. The highest BCUT2D eigenvalue weighted by atomic mass is 16.5. The summed E-state index contributed by atoms with van der Waals surface area (Å²) < 4.78 is 9.55. The molecule has 0 saturated heterocycles. The minimum absolute atomic E-state index is 0.204. The smallest absolute Gasteiger partial charge is 0.332 e. The Morgan fingerprint density at radius 2 is 1.88 bits per heavy atom. The highest BCUT2D eigenvalue weighted by Gasteiger charge is 2.22. The molecule has 1 aromatic carbocycles. The zero-order chi connectivity index (χ0) is 24.2. The van der Waals surface area contributed by atoms with Gasteiger partial charge in [0, 0.05) is 44.2 Å².